The van der Waals surface area contributed by atoms with Gasteiger partial charge in [0.2, 0.25) is 5.91 Å². The van der Waals surface area contributed by atoms with Gasteiger partial charge in [-0.1, -0.05) is 207 Å². The molecule has 0 aliphatic carbocycles. The topological polar surface area (TPSA) is 622 Å². The third-order valence-corrected chi connectivity index (χ3v) is 16.9. The van der Waals surface area contributed by atoms with Gasteiger partial charge in [0.05, 0.1) is 75.1 Å². The zero-order valence-electron chi connectivity index (χ0n) is 80.7. The molecule has 728 valence electrons. The molecule has 0 saturated heterocycles. The second kappa shape index (κ2) is 115. The van der Waals surface area contributed by atoms with E-state index in [1.54, 1.807) is 48.5 Å². The summed E-state index contributed by atoms with van der Waals surface area (Å²) in [6.07, 6.45) is 5.40. The Bertz CT molecular complexity index is 1500. The predicted molar refractivity (Wildman–Crippen MR) is 490 cm³/mol. The molecule has 0 radical (unpaired) electrons. The lowest BCUT2D eigenvalue weighted by Gasteiger charge is -2.24. The van der Waals surface area contributed by atoms with Crippen molar-refractivity contribution in [1.82, 2.24) is 5.32 Å². The van der Waals surface area contributed by atoms with E-state index in [0.29, 0.717) is 112 Å². The quantitative estimate of drug-likeness (QED) is 0.0333. The number of ether oxygens (including phenoxy) is 1. The van der Waals surface area contributed by atoms with Crippen LogP contribution >= 0.6 is 0 Å². The summed E-state index contributed by atoms with van der Waals surface area (Å²) in [7, 11) is 1.43. The van der Waals surface area contributed by atoms with Gasteiger partial charge in [0.1, 0.15) is 6.61 Å². The van der Waals surface area contributed by atoms with Crippen LogP contribution < -0.4 is 45.5 Å². The minimum absolute atomic E-state index is 0. The molecule has 0 unspecified atom stereocenters. The van der Waals surface area contributed by atoms with Gasteiger partial charge in [0.15, 0.2) is 5.78 Å². The highest BCUT2D eigenvalue weighted by Gasteiger charge is 2.19. The third kappa shape index (κ3) is 196. The number of rotatable bonds is 33. The summed E-state index contributed by atoms with van der Waals surface area (Å²) in [4.78, 5) is 20.8. The fraction of sp³-hybridized carbons (Fsp3) is 0.977. The first-order valence-electron chi connectivity index (χ1n) is 41.8. The monoisotopic (exact) mass is 1710 g/mol. The summed E-state index contributed by atoms with van der Waals surface area (Å²) in [5.74, 6) is 3.44. The van der Waals surface area contributed by atoms with Gasteiger partial charge in [-0.25, -0.2) is 0 Å². The maximum absolute atomic E-state index is 10.6. The summed E-state index contributed by atoms with van der Waals surface area (Å²) in [5, 5.41) is 162. The molecule has 0 heterocycles. The SMILES string of the molecule is C.CC(C)(C)CO.CC(C)[C@@H](C)CO.CC(C)[C@H](C)CO.CC(CO)CO.CCC(C)(C)O.CCC(N)CC.CCC(N)CC.CC[C@@H](C)CO.CC[C@H](C)CO.COCC(=O)CCC(N)=O.C[C@@H](CO)C(C)(C)C.C[C@@H](O)[C@@H](N)CO.C[C@@H](O)[C@H](N)CO.C[C@H](CO)C(C)(C)C.C[C@H](N)[C@H](C)O.NC[C@H](O)CO.OCCNCCO. The fourth-order valence-corrected chi connectivity index (χ4v) is 3.02. The molecule has 0 aliphatic rings. The van der Waals surface area contributed by atoms with Crippen molar-refractivity contribution in [3.63, 3.8) is 0 Å². The number of aliphatic hydroxyl groups is 19. The van der Waals surface area contributed by atoms with Crippen LogP contribution in [0.25, 0.3) is 0 Å². The van der Waals surface area contributed by atoms with Crippen LogP contribution in [-0.2, 0) is 14.3 Å². The summed E-state index contributed by atoms with van der Waals surface area (Å²) < 4.78 is 4.53. The summed E-state index contributed by atoms with van der Waals surface area (Å²) in [5.41, 5.74) is 36.2. The van der Waals surface area contributed by atoms with Gasteiger partial charge in [-0.3, -0.25) is 9.59 Å². The lowest BCUT2D eigenvalue weighted by atomic mass is 9.83. The van der Waals surface area contributed by atoms with E-state index in [2.05, 4.69) is 135 Å². The average molecular weight is 1710 g/mol. The third-order valence-electron chi connectivity index (χ3n) is 16.9. The van der Waals surface area contributed by atoms with Crippen LogP contribution in [0, 0.1) is 69.5 Å². The number of methoxy groups -OCH3 is 1. The van der Waals surface area contributed by atoms with Crippen LogP contribution in [0.15, 0.2) is 0 Å². The highest BCUT2D eigenvalue weighted by Crippen LogP contribution is 2.25. The minimum atomic E-state index is -0.731. The first-order valence-corrected chi connectivity index (χ1v) is 41.8. The van der Waals surface area contributed by atoms with Crippen molar-refractivity contribution >= 4 is 11.7 Å². The highest BCUT2D eigenvalue weighted by molar-refractivity contribution is 5.84. The zero-order valence-corrected chi connectivity index (χ0v) is 80.7. The minimum Gasteiger partial charge on any atom is -0.396 e. The normalized spacial score (nSPS) is 13.8. The molecule has 0 aromatic heterocycles. The summed E-state index contributed by atoms with van der Waals surface area (Å²) >= 11 is 0. The molecule has 0 bridgehead atoms. The van der Waals surface area contributed by atoms with Crippen molar-refractivity contribution in [3.8, 4) is 0 Å². The van der Waals surface area contributed by atoms with Crippen molar-refractivity contribution in [1.29, 1.82) is 0 Å². The molecule has 0 rings (SSSR count). The zero-order chi connectivity index (χ0) is 96.1. The van der Waals surface area contributed by atoms with E-state index in [1.165, 1.54) is 7.11 Å². The summed E-state index contributed by atoms with van der Waals surface area (Å²) in [6, 6.07) is -0.194. The van der Waals surface area contributed by atoms with Crippen molar-refractivity contribution < 1.29 is 111 Å². The molecule has 1 amide bonds. The van der Waals surface area contributed by atoms with E-state index in [0.717, 1.165) is 44.9 Å². The van der Waals surface area contributed by atoms with Crippen molar-refractivity contribution in [3.05, 3.63) is 0 Å². The Kier molecular flexibility index (Phi) is 157. The van der Waals surface area contributed by atoms with Crippen molar-refractivity contribution in [2.24, 2.45) is 110 Å². The van der Waals surface area contributed by atoms with Crippen LogP contribution in [0.3, 0.4) is 0 Å². The van der Waals surface area contributed by atoms with Gasteiger partial charge < -0.3 is 147 Å². The Morgan fingerprint density at radius 3 is 0.716 bits per heavy atom. The Morgan fingerprint density at radius 2 is 0.664 bits per heavy atom. The Balaban J connectivity index is -0.0000000551. The number of nitrogens with one attached hydrogen (secondary N) is 1. The van der Waals surface area contributed by atoms with Gasteiger partial charge in [0, 0.05) is 123 Å². The van der Waals surface area contributed by atoms with Crippen LogP contribution in [0.1, 0.15) is 294 Å². The van der Waals surface area contributed by atoms with Gasteiger partial charge in [-0.05, 0) is 137 Å². The maximum atomic E-state index is 10.6. The second-order valence-corrected chi connectivity index (χ2v) is 33.6. The van der Waals surface area contributed by atoms with Crippen LogP contribution in [0.5, 0.6) is 0 Å². The fourth-order valence-electron chi connectivity index (χ4n) is 3.02. The van der Waals surface area contributed by atoms with Gasteiger partial charge in [0.25, 0.3) is 0 Å². The molecular weight excluding hydrogens is 1500 g/mol. The number of hydrogen-bond acceptors (Lipinski definition) is 29. The first kappa shape index (κ1) is 158. The van der Waals surface area contributed by atoms with Crippen molar-refractivity contribution in [2.75, 3.05) is 126 Å². The summed E-state index contributed by atoms with van der Waals surface area (Å²) in [6.45, 7) is 69.3. The average Bonchev–Trinajstić information content (AvgIpc) is 0.937. The Morgan fingerprint density at radius 1 is 0.405 bits per heavy atom. The molecule has 34 N–H and O–H groups in total. The first-order chi connectivity index (χ1) is 52.4. The standard InChI is InChI=1S/2C7H16O.C6H11NO3.2C6H14O.2C5H13N.4C5H12O.3C4H11NO2.C4H11NO.C4H10O2.C3H9NO2.CH4/c2*1-6(5-8)7(2,3)4;1-10-4-5(8)2-3-6(7)9;2*1-5(2)6(3)4-7;2*1-3-5(6)4-2;1-5(2,3)4-6;1-4-5(2,3)6;2*1-3-5(2)4-6;6-3-1-5-2-4-7;2*1-3(7)4(5)2-6;1-3(5)4(2)6;1-4(2-5)3-6;4-1-3(6)2-5;/h2*6,8H,5H2,1-4H3;2-4H2,1H3,(H2,7,9);2*5-7H,4H2,1-3H3;2*5H,3-4,6H2,1-2H3;2*6H,4H2,1-3H3;2*5-6H,3-4H2,1-2H3;5-7H,1-4H2;2*3-4,6-7H,2,5H2,1H3;3-4,6H,5H2,1-2H3;4-6H,2-3H2,1H3;3,5-6H,1-2,4H2;1H4/t2*6-;;2*6-;;;;;2*5-;;3-,4+;2*3-,4-;;3-;/m10.10....10.110.0./s1. The Labute approximate surface area is 714 Å². The molecule has 0 fully saturated rings. The highest BCUT2D eigenvalue weighted by atomic mass is 16.5. The Hall–Kier alpha value is -1.94. The number of ketones is 1. The smallest absolute Gasteiger partial charge is 0.217 e. The van der Waals surface area contributed by atoms with Crippen LogP contribution in [0.2, 0.25) is 0 Å². The van der Waals surface area contributed by atoms with E-state index in [1.807, 2.05) is 55.4 Å². The van der Waals surface area contributed by atoms with Crippen LogP contribution in [-0.4, -0.2) is 295 Å². The van der Waals surface area contributed by atoms with Crippen molar-refractivity contribution in [2.45, 2.75) is 354 Å². The van der Waals surface area contributed by atoms with E-state index in [9.17, 15) is 9.59 Å². The van der Waals surface area contributed by atoms with E-state index < -0.39 is 41.9 Å². The molecule has 0 aromatic carbocycles. The van der Waals surface area contributed by atoms with Gasteiger partial charge >= 0.3 is 0 Å². The molecule has 0 aliphatic heterocycles. The lowest BCUT2D eigenvalue weighted by molar-refractivity contribution is -0.126. The maximum Gasteiger partial charge on any atom is 0.217 e. The number of nitrogens with two attached hydrogens (primary N) is 7. The molecule has 0 saturated carbocycles. The predicted octanol–water partition coefficient (Wildman–Crippen LogP) is 6.03. The number of Topliss-reactive ketones (excluding diaryl/α,β-unsaturated/α-hetero) is 1. The number of carbonyl (C=O) groups excluding carboxylic acids is 2. The molecule has 30 heteroatoms. The van der Waals surface area contributed by atoms with E-state index in [4.69, 9.17) is 137 Å². The molecule has 13 atom stereocenters. The molecule has 116 heavy (non-hydrogen) atoms. The molecule has 0 spiro atoms. The molecule has 30 nitrogen and oxygen atoms in total. The molecule has 0 aromatic rings. The largest absolute Gasteiger partial charge is 0.396 e. The number of carbonyl (C=O) groups is 2. The van der Waals surface area contributed by atoms with Crippen LogP contribution in [0.4, 0.5) is 0 Å². The number of primary amides is 1. The second-order valence-electron chi connectivity index (χ2n) is 33.6. The van der Waals surface area contributed by atoms with Gasteiger partial charge in [-0.15, -0.1) is 0 Å². The van der Waals surface area contributed by atoms with Gasteiger partial charge in [-0.2, -0.15) is 0 Å². The molecular formula is C86H212N8O22. The lowest BCUT2D eigenvalue weighted by Crippen LogP contribution is -2.35. The number of hydrogen-bond donors (Lipinski definition) is 27. The van der Waals surface area contributed by atoms with E-state index in [-0.39, 0.29) is 126 Å². The number of aliphatic hydroxyl groups excluding tert-OH is 18. The van der Waals surface area contributed by atoms with E-state index >= 15 is 0 Å². The number of amides is 1.